The second kappa shape index (κ2) is 4.02. The Labute approximate surface area is 92.5 Å². The van der Waals surface area contributed by atoms with Gasteiger partial charge in [0, 0.05) is 0 Å². The van der Waals surface area contributed by atoms with E-state index in [9.17, 15) is 0 Å². The molecule has 0 amide bonds. The third kappa shape index (κ3) is 1.97. The van der Waals surface area contributed by atoms with Crippen molar-refractivity contribution >= 4 is 10.9 Å². The summed E-state index contributed by atoms with van der Waals surface area (Å²) in [7, 11) is 0. The zero-order chi connectivity index (χ0) is 8.55. The van der Waals surface area contributed by atoms with Gasteiger partial charge >= 0.3 is 21.1 Å². The summed E-state index contributed by atoms with van der Waals surface area (Å²) in [6.45, 7) is 4.05. The average Bonchev–Trinajstić information content (AvgIpc) is 2.07. The maximum absolute atomic E-state index is 4.44. The Morgan fingerprint density at radius 3 is 2.62 bits per heavy atom. The van der Waals surface area contributed by atoms with E-state index in [0.29, 0.717) is 0 Å². The number of aryl methyl sites for hydroxylation is 2. The predicted molar refractivity (Wildman–Crippen MR) is 50.1 cm³/mol. The third-order valence-corrected chi connectivity index (χ3v) is 2.06. The van der Waals surface area contributed by atoms with Crippen LogP contribution in [0.3, 0.4) is 0 Å². The Bertz CT molecular complexity index is 383. The minimum Gasteiger partial charge on any atom is -0.349 e. The summed E-state index contributed by atoms with van der Waals surface area (Å²) in [5, 5.41) is 1.10. The first-order chi connectivity index (χ1) is 5.77. The largest absolute Gasteiger partial charge is 2.00 e. The van der Waals surface area contributed by atoms with Gasteiger partial charge in [0.2, 0.25) is 0 Å². The number of rotatable bonds is 0. The molecule has 1 aromatic carbocycles. The summed E-state index contributed by atoms with van der Waals surface area (Å²) in [6.07, 6.45) is 0. The van der Waals surface area contributed by atoms with Crippen molar-refractivity contribution < 1.29 is 21.1 Å². The number of benzene rings is 1. The zero-order valence-electron chi connectivity index (χ0n) is 7.66. The zero-order valence-corrected chi connectivity index (χ0v) is 10.6. The van der Waals surface area contributed by atoms with Crippen molar-refractivity contribution in [3.05, 3.63) is 41.6 Å². The molecule has 0 atom stereocenters. The second-order valence-electron chi connectivity index (χ2n) is 2.96. The van der Waals surface area contributed by atoms with Crippen LogP contribution in [-0.4, -0.2) is 4.98 Å². The van der Waals surface area contributed by atoms with E-state index < -0.39 is 0 Å². The Kier molecular flexibility index (Phi) is 3.21. The van der Waals surface area contributed by atoms with E-state index >= 15 is 0 Å². The molecule has 13 heavy (non-hydrogen) atoms. The van der Waals surface area contributed by atoms with Gasteiger partial charge < -0.3 is 4.98 Å². The van der Waals surface area contributed by atoms with Gasteiger partial charge in [-0.3, -0.25) is 0 Å². The van der Waals surface area contributed by atoms with Gasteiger partial charge in [-0.2, -0.15) is 0 Å². The molecule has 0 spiro atoms. The molecule has 0 unspecified atom stereocenters. The number of nitrogens with zero attached hydrogens (tertiary/aromatic N) is 1. The van der Waals surface area contributed by atoms with Crippen molar-refractivity contribution in [1.82, 2.24) is 4.98 Å². The van der Waals surface area contributed by atoms with Crippen LogP contribution in [0.2, 0.25) is 0 Å². The number of hydrogen-bond donors (Lipinski definition) is 0. The van der Waals surface area contributed by atoms with Crippen molar-refractivity contribution in [2.24, 2.45) is 0 Å². The maximum atomic E-state index is 4.44. The minimum atomic E-state index is 0. The standard InChI is InChI=1S/C11H10N.W/c1-8-7-10-5-3-4-6-11(10)12-9(8)2;/h3-6H,1-2H3;/q-1;+2. The fourth-order valence-corrected chi connectivity index (χ4v) is 1.23. The summed E-state index contributed by atoms with van der Waals surface area (Å²) >= 11 is 0. The summed E-state index contributed by atoms with van der Waals surface area (Å²) in [5.41, 5.74) is 3.23. The summed E-state index contributed by atoms with van der Waals surface area (Å²) in [4.78, 5) is 4.44. The number of para-hydroxylation sites is 1. The first kappa shape index (κ1) is 10.4. The van der Waals surface area contributed by atoms with E-state index in [1.54, 1.807) is 0 Å². The van der Waals surface area contributed by atoms with Crippen LogP contribution < -0.4 is 0 Å². The van der Waals surface area contributed by atoms with Gasteiger partial charge in [-0.1, -0.05) is 26.0 Å². The van der Waals surface area contributed by atoms with Crippen molar-refractivity contribution in [3.8, 4) is 0 Å². The Balaban J connectivity index is 0.000000845. The van der Waals surface area contributed by atoms with E-state index in [-0.39, 0.29) is 21.1 Å². The molecule has 0 radical (unpaired) electrons. The summed E-state index contributed by atoms with van der Waals surface area (Å²) in [5.74, 6) is 0. The van der Waals surface area contributed by atoms with Gasteiger partial charge in [0.15, 0.2) is 0 Å². The van der Waals surface area contributed by atoms with Crippen LogP contribution >= 0.6 is 0 Å². The minimum absolute atomic E-state index is 0. The van der Waals surface area contributed by atoms with Gasteiger partial charge in [0.1, 0.15) is 0 Å². The van der Waals surface area contributed by atoms with Crippen LogP contribution in [0.15, 0.2) is 24.3 Å². The van der Waals surface area contributed by atoms with Gasteiger partial charge in [-0.15, -0.1) is 29.1 Å². The molecule has 0 fully saturated rings. The first-order valence-corrected chi connectivity index (χ1v) is 4.02. The molecule has 0 aliphatic carbocycles. The quantitative estimate of drug-likeness (QED) is 0.672. The normalized spacial score (nSPS) is 9.69. The molecule has 0 aliphatic heterocycles. The molecule has 2 rings (SSSR count). The number of fused-ring (bicyclic) bond motifs is 1. The first-order valence-electron chi connectivity index (χ1n) is 4.02. The molecule has 0 saturated heterocycles. The molecule has 1 aromatic heterocycles. The molecule has 1 nitrogen and oxygen atoms in total. The fourth-order valence-electron chi connectivity index (χ4n) is 1.23. The van der Waals surface area contributed by atoms with Crippen molar-refractivity contribution in [1.29, 1.82) is 0 Å². The summed E-state index contributed by atoms with van der Waals surface area (Å²) < 4.78 is 0. The van der Waals surface area contributed by atoms with Crippen LogP contribution in [0.5, 0.6) is 0 Å². The molecule has 2 heteroatoms. The molecule has 2 aromatic rings. The van der Waals surface area contributed by atoms with Gasteiger partial charge in [-0.25, -0.2) is 0 Å². The molecule has 0 N–H and O–H groups in total. The van der Waals surface area contributed by atoms with Gasteiger partial charge in [0.25, 0.3) is 0 Å². The average molecular weight is 340 g/mol. The van der Waals surface area contributed by atoms with Crippen LogP contribution in [0.4, 0.5) is 0 Å². The molecule has 0 saturated carbocycles. The van der Waals surface area contributed by atoms with E-state index in [1.165, 1.54) is 0 Å². The number of pyridine rings is 1. The molecule has 64 valence electrons. The van der Waals surface area contributed by atoms with Crippen molar-refractivity contribution in [2.45, 2.75) is 13.8 Å². The van der Waals surface area contributed by atoms with Crippen molar-refractivity contribution in [2.75, 3.05) is 0 Å². The monoisotopic (exact) mass is 340 g/mol. The van der Waals surface area contributed by atoms with Crippen LogP contribution in [-0.2, 0) is 21.1 Å². The Morgan fingerprint density at radius 2 is 1.85 bits per heavy atom. The van der Waals surface area contributed by atoms with E-state index in [0.717, 1.165) is 22.2 Å². The Hall–Kier alpha value is -0.682. The van der Waals surface area contributed by atoms with E-state index in [2.05, 4.69) is 11.1 Å². The molecular weight excluding hydrogens is 330 g/mol. The van der Waals surface area contributed by atoms with E-state index in [1.807, 2.05) is 38.1 Å². The SMILES string of the molecule is Cc1[c-]c2ccccc2nc1C.[W+2]. The van der Waals surface area contributed by atoms with Gasteiger partial charge in [-0.05, 0) is 11.2 Å². The smallest absolute Gasteiger partial charge is 0.349 e. The van der Waals surface area contributed by atoms with E-state index in [4.69, 9.17) is 0 Å². The fraction of sp³-hybridized carbons (Fsp3) is 0.182. The predicted octanol–water partition coefficient (Wildman–Crippen LogP) is 2.65. The molecular formula is C11H10NW+. The third-order valence-electron chi connectivity index (χ3n) is 2.06. The number of hydrogen-bond acceptors (Lipinski definition) is 1. The summed E-state index contributed by atoms with van der Waals surface area (Å²) in [6, 6.07) is 11.4. The second-order valence-corrected chi connectivity index (χ2v) is 2.96. The molecule has 0 aliphatic rings. The maximum Gasteiger partial charge on any atom is 2.00 e. The number of aromatic nitrogens is 1. The molecule has 1 heterocycles. The van der Waals surface area contributed by atoms with Crippen LogP contribution in [0.1, 0.15) is 11.3 Å². The Morgan fingerprint density at radius 1 is 1.15 bits per heavy atom. The van der Waals surface area contributed by atoms with Crippen molar-refractivity contribution in [3.63, 3.8) is 0 Å². The molecule has 0 bridgehead atoms. The van der Waals surface area contributed by atoms with Crippen LogP contribution in [0, 0.1) is 19.9 Å². The topological polar surface area (TPSA) is 12.9 Å². The van der Waals surface area contributed by atoms with Crippen LogP contribution in [0.25, 0.3) is 10.9 Å². The van der Waals surface area contributed by atoms with Gasteiger partial charge in [0.05, 0.1) is 0 Å².